The lowest BCUT2D eigenvalue weighted by atomic mass is 10.1. The van der Waals surface area contributed by atoms with Crippen LogP contribution < -0.4 is 10.1 Å². The van der Waals surface area contributed by atoms with E-state index >= 15 is 0 Å². The molecule has 0 unspecified atom stereocenters. The van der Waals surface area contributed by atoms with E-state index in [2.05, 4.69) is 22.9 Å². The van der Waals surface area contributed by atoms with Gasteiger partial charge in [-0.2, -0.15) is 5.26 Å². The fraction of sp³-hybridized carbons (Fsp3) is 0.273. The van der Waals surface area contributed by atoms with Crippen molar-refractivity contribution in [1.82, 2.24) is 4.57 Å². The summed E-state index contributed by atoms with van der Waals surface area (Å²) in [5.41, 5.74) is 4.18. The highest BCUT2D eigenvalue weighted by atomic mass is 16.5. The number of methoxy groups -OCH3 is 1. The predicted molar refractivity (Wildman–Crippen MR) is 108 cm³/mol. The van der Waals surface area contributed by atoms with E-state index in [9.17, 15) is 10.1 Å². The largest absolute Gasteiger partial charge is 0.497 e. The number of hydrogen-bond acceptors (Lipinski definition) is 3. The Bertz CT molecular complexity index is 1020. The zero-order valence-corrected chi connectivity index (χ0v) is 16.0. The number of ether oxygens (including phenoxy) is 1. The van der Waals surface area contributed by atoms with E-state index in [1.54, 1.807) is 7.11 Å². The molecule has 5 nitrogen and oxygen atoms in total. The molecule has 0 bridgehead atoms. The molecule has 2 aromatic carbocycles. The van der Waals surface area contributed by atoms with Crippen molar-refractivity contribution in [2.45, 2.75) is 27.3 Å². The smallest absolute Gasteiger partial charge is 0.226 e. The third-order valence-electron chi connectivity index (χ3n) is 4.65. The quantitative estimate of drug-likeness (QED) is 0.709. The Balaban J connectivity index is 2.11. The summed E-state index contributed by atoms with van der Waals surface area (Å²) >= 11 is 0. The second kappa shape index (κ2) is 7.55. The van der Waals surface area contributed by atoms with Crippen LogP contribution in [0.25, 0.3) is 22.2 Å². The van der Waals surface area contributed by atoms with Crippen LogP contribution in [0.1, 0.15) is 26.3 Å². The molecule has 27 heavy (non-hydrogen) atoms. The second-order valence-electron chi connectivity index (χ2n) is 6.68. The first-order chi connectivity index (χ1) is 13.0. The zero-order valence-electron chi connectivity index (χ0n) is 16.0. The van der Waals surface area contributed by atoms with E-state index in [0.29, 0.717) is 5.56 Å². The molecule has 0 aliphatic heterocycles. The Morgan fingerprint density at radius 1 is 1.22 bits per heavy atom. The molecule has 3 aromatic rings. The summed E-state index contributed by atoms with van der Waals surface area (Å²) in [6.45, 7) is 6.50. The van der Waals surface area contributed by atoms with Crippen molar-refractivity contribution in [3.05, 3.63) is 48.0 Å². The highest BCUT2D eigenvalue weighted by molar-refractivity contribution is 5.96. The molecule has 1 amide bonds. The van der Waals surface area contributed by atoms with E-state index in [4.69, 9.17) is 4.74 Å². The number of carbonyl (C=O) groups is 1. The summed E-state index contributed by atoms with van der Waals surface area (Å²) in [5, 5.41) is 13.6. The summed E-state index contributed by atoms with van der Waals surface area (Å²) in [6, 6.07) is 15.7. The summed E-state index contributed by atoms with van der Waals surface area (Å²) in [4.78, 5) is 11.9. The minimum atomic E-state index is -0.0764. The molecule has 0 saturated heterocycles. The number of anilines is 1. The molecule has 0 aliphatic rings. The first-order valence-electron chi connectivity index (χ1n) is 9.01. The van der Waals surface area contributed by atoms with Crippen molar-refractivity contribution in [3.8, 4) is 23.1 Å². The van der Waals surface area contributed by atoms with Gasteiger partial charge in [-0.25, -0.2) is 0 Å². The molecular weight excluding hydrogens is 338 g/mol. The molecule has 138 valence electrons. The number of rotatable bonds is 5. The number of nitrogens with zero attached hydrogens (tertiary/aromatic N) is 2. The number of aryl methyl sites for hydroxylation is 1. The van der Waals surface area contributed by atoms with Crippen LogP contribution in [0.2, 0.25) is 0 Å². The molecule has 1 heterocycles. The number of nitriles is 1. The van der Waals surface area contributed by atoms with Gasteiger partial charge in [-0.15, -0.1) is 0 Å². The van der Waals surface area contributed by atoms with Gasteiger partial charge in [0.05, 0.1) is 23.9 Å². The average Bonchev–Trinajstić information content (AvgIpc) is 3.00. The number of carbonyl (C=O) groups excluding carboxylic acids is 1. The Hall–Kier alpha value is -3.26. The molecule has 0 radical (unpaired) electrons. The third kappa shape index (κ3) is 3.39. The monoisotopic (exact) mass is 361 g/mol. The maximum absolute atomic E-state index is 11.9. The highest BCUT2D eigenvalue weighted by Crippen LogP contribution is 2.35. The van der Waals surface area contributed by atoms with Gasteiger partial charge in [0.1, 0.15) is 11.8 Å². The van der Waals surface area contributed by atoms with Crippen LogP contribution in [0.3, 0.4) is 0 Å². The SMILES string of the molecule is CCn1c(-c2ccc(NC(=O)C(C)C)cc2)c(C#N)c2ccc(OC)cc21. The lowest BCUT2D eigenvalue weighted by Crippen LogP contribution is -2.17. The first-order valence-corrected chi connectivity index (χ1v) is 9.01. The minimum Gasteiger partial charge on any atom is -0.497 e. The Morgan fingerprint density at radius 2 is 1.93 bits per heavy atom. The van der Waals surface area contributed by atoms with Crippen LogP contribution in [0.5, 0.6) is 5.75 Å². The van der Waals surface area contributed by atoms with Gasteiger partial charge in [0, 0.05) is 29.6 Å². The van der Waals surface area contributed by atoms with Crippen molar-refractivity contribution in [2.75, 3.05) is 12.4 Å². The zero-order chi connectivity index (χ0) is 19.6. The first kappa shape index (κ1) is 18.5. The maximum atomic E-state index is 11.9. The van der Waals surface area contributed by atoms with Crippen LogP contribution in [0.4, 0.5) is 5.69 Å². The molecule has 0 atom stereocenters. The van der Waals surface area contributed by atoms with Crippen LogP contribution in [0.15, 0.2) is 42.5 Å². The number of fused-ring (bicyclic) bond motifs is 1. The Labute approximate surface area is 159 Å². The van der Waals surface area contributed by atoms with E-state index in [0.717, 1.165) is 40.1 Å². The van der Waals surface area contributed by atoms with Gasteiger partial charge in [-0.05, 0) is 36.8 Å². The van der Waals surface area contributed by atoms with Crippen molar-refractivity contribution in [1.29, 1.82) is 5.26 Å². The molecule has 3 rings (SSSR count). The van der Waals surface area contributed by atoms with Crippen molar-refractivity contribution < 1.29 is 9.53 Å². The summed E-state index contributed by atoms with van der Waals surface area (Å²) in [5.74, 6) is 0.667. The Kier molecular flexibility index (Phi) is 5.18. The predicted octanol–water partition coefficient (Wildman–Crippen LogP) is 4.80. The molecule has 1 N–H and O–H groups in total. The number of benzene rings is 2. The summed E-state index contributed by atoms with van der Waals surface area (Å²) in [6.07, 6.45) is 0. The standard InChI is InChI=1S/C22H23N3O2/c1-5-25-20-12-17(27-4)10-11-18(20)19(13-23)21(25)15-6-8-16(9-7-15)24-22(26)14(2)3/h6-12,14H,5H2,1-4H3,(H,24,26). The Morgan fingerprint density at radius 3 is 2.48 bits per heavy atom. The number of hydrogen-bond donors (Lipinski definition) is 1. The normalized spacial score (nSPS) is 10.8. The molecule has 0 saturated carbocycles. The van der Waals surface area contributed by atoms with Crippen LogP contribution in [-0.2, 0) is 11.3 Å². The van der Waals surface area contributed by atoms with E-state index in [1.807, 2.05) is 56.3 Å². The van der Waals surface area contributed by atoms with E-state index < -0.39 is 0 Å². The van der Waals surface area contributed by atoms with Gasteiger partial charge in [0.25, 0.3) is 0 Å². The molecule has 0 spiro atoms. The van der Waals surface area contributed by atoms with Crippen LogP contribution in [-0.4, -0.2) is 17.6 Å². The summed E-state index contributed by atoms with van der Waals surface area (Å²) < 4.78 is 7.47. The van der Waals surface area contributed by atoms with Crippen molar-refractivity contribution in [2.24, 2.45) is 5.92 Å². The molecule has 1 aromatic heterocycles. The molecule has 0 aliphatic carbocycles. The fourth-order valence-electron chi connectivity index (χ4n) is 3.20. The molecule has 0 fully saturated rings. The maximum Gasteiger partial charge on any atom is 0.226 e. The molecule has 5 heteroatoms. The van der Waals surface area contributed by atoms with E-state index in [1.165, 1.54) is 0 Å². The number of nitrogens with one attached hydrogen (secondary N) is 1. The van der Waals surface area contributed by atoms with Crippen molar-refractivity contribution in [3.63, 3.8) is 0 Å². The van der Waals surface area contributed by atoms with Gasteiger partial charge >= 0.3 is 0 Å². The lowest BCUT2D eigenvalue weighted by Gasteiger charge is -2.11. The topological polar surface area (TPSA) is 67.0 Å². The highest BCUT2D eigenvalue weighted by Gasteiger charge is 2.18. The second-order valence-corrected chi connectivity index (χ2v) is 6.68. The lowest BCUT2D eigenvalue weighted by molar-refractivity contribution is -0.118. The minimum absolute atomic E-state index is 0.0183. The number of aromatic nitrogens is 1. The van der Waals surface area contributed by atoms with Crippen molar-refractivity contribution >= 4 is 22.5 Å². The van der Waals surface area contributed by atoms with Gasteiger partial charge in [-0.3, -0.25) is 4.79 Å². The van der Waals surface area contributed by atoms with Gasteiger partial charge in [-0.1, -0.05) is 26.0 Å². The van der Waals surface area contributed by atoms with Gasteiger partial charge in [0.15, 0.2) is 0 Å². The third-order valence-corrected chi connectivity index (χ3v) is 4.65. The van der Waals surface area contributed by atoms with Gasteiger partial charge < -0.3 is 14.6 Å². The summed E-state index contributed by atoms with van der Waals surface area (Å²) in [7, 11) is 1.64. The van der Waals surface area contributed by atoms with Gasteiger partial charge in [0.2, 0.25) is 5.91 Å². The van der Waals surface area contributed by atoms with E-state index in [-0.39, 0.29) is 11.8 Å². The van der Waals surface area contributed by atoms with Crippen LogP contribution >= 0.6 is 0 Å². The fourth-order valence-corrected chi connectivity index (χ4v) is 3.20. The van der Waals surface area contributed by atoms with Crippen LogP contribution in [0, 0.1) is 17.2 Å². The molecular formula is C22H23N3O2. The number of amides is 1. The average molecular weight is 361 g/mol.